The summed E-state index contributed by atoms with van der Waals surface area (Å²) in [7, 11) is 0. The first-order valence-electron chi connectivity index (χ1n) is 9.45. The number of nitrogens with one attached hydrogen (secondary N) is 1. The summed E-state index contributed by atoms with van der Waals surface area (Å²) in [6, 6.07) is 10.1. The van der Waals surface area contributed by atoms with Crippen LogP contribution in [0.25, 0.3) is 0 Å². The van der Waals surface area contributed by atoms with Gasteiger partial charge < -0.3 is 19.4 Å². The number of carbonyl (C=O) groups excluding carboxylic acids is 3. The van der Waals surface area contributed by atoms with Crippen LogP contribution in [0.5, 0.6) is 0 Å². The maximum Gasteiger partial charge on any atom is 0.338 e. The summed E-state index contributed by atoms with van der Waals surface area (Å²) in [5, 5.41) is 2.81. The molecule has 0 aliphatic carbocycles. The molecule has 1 fully saturated rings. The molecule has 1 unspecified atom stereocenters. The van der Waals surface area contributed by atoms with Crippen molar-refractivity contribution < 1.29 is 23.5 Å². The van der Waals surface area contributed by atoms with E-state index < -0.39 is 5.92 Å². The number of carbonyl (C=O) groups is 3. The third-order valence-corrected chi connectivity index (χ3v) is 4.63. The molecule has 148 valence electrons. The van der Waals surface area contributed by atoms with Crippen molar-refractivity contribution in [3.63, 3.8) is 0 Å². The van der Waals surface area contributed by atoms with Gasteiger partial charge in [-0.15, -0.1) is 0 Å². The number of rotatable bonds is 8. The average molecular weight is 384 g/mol. The molecule has 1 atom stereocenters. The SMILES string of the molecule is CCCCOC(=O)c1ccc(NC(=O)C2CC(=O)N(Cc3ccco3)C2)cc1. The lowest BCUT2D eigenvalue weighted by Gasteiger charge is -2.15. The fourth-order valence-corrected chi connectivity index (χ4v) is 3.02. The number of anilines is 1. The number of hydrogen-bond donors (Lipinski definition) is 1. The second kappa shape index (κ2) is 9.21. The molecule has 28 heavy (non-hydrogen) atoms. The Bertz CT molecular complexity index is 814. The third-order valence-electron chi connectivity index (χ3n) is 4.63. The number of benzene rings is 1. The van der Waals surface area contributed by atoms with E-state index >= 15 is 0 Å². The van der Waals surface area contributed by atoms with Crippen LogP contribution in [0.4, 0.5) is 5.69 Å². The van der Waals surface area contributed by atoms with Gasteiger partial charge in [0.05, 0.1) is 30.9 Å². The topological polar surface area (TPSA) is 88.8 Å². The minimum Gasteiger partial charge on any atom is -0.467 e. The lowest BCUT2D eigenvalue weighted by atomic mass is 10.1. The van der Waals surface area contributed by atoms with Gasteiger partial charge in [0.25, 0.3) is 0 Å². The molecule has 3 rings (SSSR count). The predicted octanol–water partition coefficient (Wildman–Crippen LogP) is 3.22. The average Bonchev–Trinajstić information content (AvgIpc) is 3.33. The molecule has 1 aliphatic rings. The van der Waals surface area contributed by atoms with Gasteiger partial charge in [-0.1, -0.05) is 13.3 Å². The fraction of sp³-hybridized carbons (Fsp3) is 0.381. The van der Waals surface area contributed by atoms with Crippen LogP contribution in [-0.4, -0.2) is 35.8 Å². The van der Waals surface area contributed by atoms with Gasteiger partial charge in [-0.2, -0.15) is 0 Å². The molecule has 1 saturated heterocycles. The van der Waals surface area contributed by atoms with E-state index in [0.29, 0.717) is 36.7 Å². The van der Waals surface area contributed by atoms with Crippen LogP contribution in [0.1, 0.15) is 42.3 Å². The van der Waals surface area contributed by atoms with Crippen molar-refractivity contribution in [2.75, 3.05) is 18.5 Å². The third kappa shape index (κ3) is 5.00. The number of nitrogens with zero attached hydrogens (tertiary/aromatic N) is 1. The fourth-order valence-electron chi connectivity index (χ4n) is 3.02. The van der Waals surface area contributed by atoms with E-state index in [4.69, 9.17) is 9.15 Å². The number of amides is 2. The summed E-state index contributed by atoms with van der Waals surface area (Å²) in [6.07, 6.45) is 3.52. The molecule has 1 aromatic carbocycles. The largest absolute Gasteiger partial charge is 0.467 e. The summed E-state index contributed by atoms with van der Waals surface area (Å²) in [4.78, 5) is 38.2. The normalized spacial score (nSPS) is 16.2. The molecular weight excluding hydrogens is 360 g/mol. The first-order chi connectivity index (χ1) is 13.6. The lowest BCUT2D eigenvalue weighted by molar-refractivity contribution is -0.128. The van der Waals surface area contributed by atoms with E-state index in [0.717, 1.165) is 12.8 Å². The smallest absolute Gasteiger partial charge is 0.338 e. The molecule has 0 spiro atoms. The molecule has 1 N–H and O–H groups in total. The lowest BCUT2D eigenvalue weighted by Crippen LogP contribution is -2.27. The zero-order valence-corrected chi connectivity index (χ0v) is 15.8. The van der Waals surface area contributed by atoms with Gasteiger partial charge in [-0.05, 0) is 42.8 Å². The van der Waals surface area contributed by atoms with E-state index in [-0.39, 0.29) is 24.2 Å². The van der Waals surface area contributed by atoms with Gasteiger partial charge in [-0.25, -0.2) is 4.79 Å². The molecule has 2 amide bonds. The highest BCUT2D eigenvalue weighted by Gasteiger charge is 2.34. The van der Waals surface area contributed by atoms with Crippen LogP contribution in [-0.2, 0) is 20.9 Å². The molecule has 0 bridgehead atoms. The summed E-state index contributed by atoms with van der Waals surface area (Å²) in [6.45, 7) is 3.15. The van der Waals surface area contributed by atoms with Crippen molar-refractivity contribution in [2.24, 2.45) is 5.92 Å². The quantitative estimate of drug-likeness (QED) is 0.558. The highest BCUT2D eigenvalue weighted by molar-refractivity contribution is 5.97. The zero-order chi connectivity index (χ0) is 19.9. The van der Waals surface area contributed by atoms with Crippen LogP contribution in [0, 0.1) is 5.92 Å². The number of ether oxygens (including phenoxy) is 1. The molecule has 0 saturated carbocycles. The second-order valence-electron chi connectivity index (χ2n) is 6.81. The number of likely N-dealkylation sites (tertiary alicyclic amines) is 1. The van der Waals surface area contributed by atoms with Crippen LogP contribution >= 0.6 is 0 Å². The van der Waals surface area contributed by atoms with Crippen molar-refractivity contribution in [1.29, 1.82) is 0 Å². The summed E-state index contributed by atoms with van der Waals surface area (Å²) >= 11 is 0. The van der Waals surface area contributed by atoms with Crippen molar-refractivity contribution in [3.05, 3.63) is 54.0 Å². The van der Waals surface area contributed by atoms with E-state index in [1.807, 2.05) is 6.92 Å². The first kappa shape index (κ1) is 19.7. The van der Waals surface area contributed by atoms with Crippen molar-refractivity contribution >= 4 is 23.5 Å². The minimum atomic E-state index is -0.416. The number of furan rings is 1. The molecule has 2 heterocycles. The van der Waals surface area contributed by atoms with Crippen molar-refractivity contribution in [2.45, 2.75) is 32.7 Å². The Morgan fingerprint density at radius 3 is 2.71 bits per heavy atom. The molecule has 1 aliphatic heterocycles. The molecule has 1 aromatic heterocycles. The number of hydrogen-bond acceptors (Lipinski definition) is 5. The maximum atomic E-state index is 12.5. The molecule has 0 radical (unpaired) electrons. The van der Waals surface area contributed by atoms with Crippen LogP contribution in [0.3, 0.4) is 0 Å². The summed E-state index contributed by atoms with van der Waals surface area (Å²) in [5.41, 5.74) is 1.02. The van der Waals surface area contributed by atoms with Gasteiger partial charge >= 0.3 is 5.97 Å². The Balaban J connectivity index is 1.52. The van der Waals surface area contributed by atoms with Crippen molar-refractivity contribution in [1.82, 2.24) is 4.90 Å². The summed E-state index contributed by atoms with van der Waals surface area (Å²) < 4.78 is 10.4. The second-order valence-corrected chi connectivity index (χ2v) is 6.81. The maximum absolute atomic E-state index is 12.5. The predicted molar refractivity (Wildman–Crippen MR) is 102 cm³/mol. The standard InChI is InChI=1S/C21H24N2O5/c1-2-3-10-28-21(26)15-6-8-17(9-7-15)22-20(25)16-12-19(24)23(13-16)14-18-5-4-11-27-18/h4-9,11,16H,2-3,10,12-14H2,1H3,(H,22,25). The number of unbranched alkanes of at least 4 members (excludes halogenated alkanes) is 1. The zero-order valence-electron chi connectivity index (χ0n) is 15.8. The molecular formula is C21H24N2O5. The monoisotopic (exact) mass is 384 g/mol. The van der Waals surface area contributed by atoms with Crippen LogP contribution in [0.2, 0.25) is 0 Å². The van der Waals surface area contributed by atoms with Gasteiger partial charge in [0.2, 0.25) is 11.8 Å². The minimum absolute atomic E-state index is 0.0678. The van der Waals surface area contributed by atoms with Gasteiger partial charge in [0, 0.05) is 18.7 Å². The van der Waals surface area contributed by atoms with Gasteiger partial charge in [0.15, 0.2) is 0 Å². The number of esters is 1. The Morgan fingerprint density at radius 2 is 2.04 bits per heavy atom. The van der Waals surface area contributed by atoms with Crippen LogP contribution < -0.4 is 5.32 Å². The van der Waals surface area contributed by atoms with Crippen molar-refractivity contribution in [3.8, 4) is 0 Å². The molecule has 2 aromatic rings. The Morgan fingerprint density at radius 1 is 1.25 bits per heavy atom. The first-order valence-corrected chi connectivity index (χ1v) is 9.45. The van der Waals surface area contributed by atoms with Gasteiger partial charge in [-0.3, -0.25) is 9.59 Å². The Kier molecular flexibility index (Phi) is 6.47. The Hall–Kier alpha value is -3.09. The van der Waals surface area contributed by atoms with E-state index in [9.17, 15) is 14.4 Å². The van der Waals surface area contributed by atoms with Gasteiger partial charge in [0.1, 0.15) is 5.76 Å². The van der Waals surface area contributed by atoms with E-state index in [1.54, 1.807) is 47.6 Å². The molecule has 7 nitrogen and oxygen atoms in total. The highest BCUT2D eigenvalue weighted by Crippen LogP contribution is 2.22. The van der Waals surface area contributed by atoms with E-state index in [2.05, 4.69) is 5.32 Å². The van der Waals surface area contributed by atoms with Crippen LogP contribution in [0.15, 0.2) is 47.1 Å². The molecule has 7 heteroatoms. The van der Waals surface area contributed by atoms with E-state index in [1.165, 1.54) is 0 Å². The Labute approximate surface area is 163 Å². The highest BCUT2D eigenvalue weighted by atomic mass is 16.5. The summed E-state index contributed by atoms with van der Waals surface area (Å²) in [5.74, 6) is -0.381.